The van der Waals surface area contributed by atoms with Gasteiger partial charge in [0.05, 0.1) is 22.8 Å². The van der Waals surface area contributed by atoms with Crippen LogP contribution in [-0.4, -0.2) is 32.7 Å². The van der Waals surface area contributed by atoms with Gasteiger partial charge in [0.2, 0.25) is 0 Å². The van der Waals surface area contributed by atoms with Crippen LogP contribution in [0.3, 0.4) is 0 Å². The number of nitro benzene ring substituents is 1. The lowest BCUT2D eigenvalue weighted by molar-refractivity contribution is -0.384. The van der Waals surface area contributed by atoms with E-state index in [1.54, 1.807) is 43.1 Å². The van der Waals surface area contributed by atoms with Crippen molar-refractivity contribution in [2.45, 2.75) is 19.9 Å². The molecule has 0 radical (unpaired) electrons. The van der Waals surface area contributed by atoms with Gasteiger partial charge in [-0.2, -0.15) is 5.10 Å². The van der Waals surface area contributed by atoms with Gasteiger partial charge in [0, 0.05) is 22.7 Å². The molecule has 31 heavy (non-hydrogen) atoms. The minimum Gasteiger partial charge on any atom is -0.463 e. The van der Waals surface area contributed by atoms with E-state index in [0.717, 1.165) is 5.56 Å². The van der Waals surface area contributed by atoms with Gasteiger partial charge in [0.1, 0.15) is 11.1 Å². The van der Waals surface area contributed by atoms with E-state index in [1.807, 2.05) is 12.1 Å². The number of hydrogen-bond donors (Lipinski definition) is 0. The third kappa shape index (κ3) is 4.06. The summed E-state index contributed by atoms with van der Waals surface area (Å²) in [4.78, 5) is 28.0. The van der Waals surface area contributed by atoms with Gasteiger partial charge >= 0.3 is 5.97 Å². The van der Waals surface area contributed by atoms with Crippen molar-refractivity contribution in [2.24, 2.45) is 10.1 Å². The summed E-state index contributed by atoms with van der Waals surface area (Å²) in [6.45, 7) is 3.69. The predicted octanol–water partition coefficient (Wildman–Crippen LogP) is 4.91. The van der Waals surface area contributed by atoms with Crippen molar-refractivity contribution in [3.8, 4) is 0 Å². The van der Waals surface area contributed by atoms with Crippen molar-refractivity contribution in [1.29, 1.82) is 0 Å². The monoisotopic (exact) mass is 456 g/mol. The maximum Gasteiger partial charge on any atom is 0.338 e. The van der Waals surface area contributed by atoms with Crippen LogP contribution >= 0.6 is 23.4 Å². The second-order valence-electron chi connectivity index (χ2n) is 6.72. The number of esters is 1. The van der Waals surface area contributed by atoms with E-state index >= 15 is 0 Å². The summed E-state index contributed by atoms with van der Waals surface area (Å²) in [5.41, 5.74) is 2.37. The zero-order valence-corrected chi connectivity index (χ0v) is 18.2. The molecule has 0 aromatic heterocycles. The Balaban J connectivity index is 1.80. The van der Waals surface area contributed by atoms with E-state index < -0.39 is 16.9 Å². The number of fused-ring (bicyclic) bond motifs is 1. The van der Waals surface area contributed by atoms with Crippen LogP contribution in [0.4, 0.5) is 5.69 Å². The average Bonchev–Trinajstić information content (AvgIpc) is 3.17. The fourth-order valence-electron chi connectivity index (χ4n) is 3.32. The Hall–Kier alpha value is -3.17. The highest BCUT2D eigenvalue weighted by Crippen LogP contribution is 2.42. The molecule has 2 aromatic carbocycles. The number of benzene rings is 2. The summed E-state index contributed by atoms with van der Waals surface area (Å²) < 4.78 is 5.27. The van der Waals surface area contributed by atoms with Crippen LogP contribution in [-0.2, 0) is 9.53 Å². The first-order valence-corrected chi connectivity index (χ1v) is 10.6. The van der Waals surface area contributed by atoms with Gasteiger partial charge in [-0.05, 0) is 55.4 Å². The summed E-state index contributed by atoms with van der Waals surface area (Å²) in [6, 6.07) is 12.7. The second-order valence-corrected chi connectivity index (χ2v) is 8.12. The van der Waals surface area contributed by atoms with Crippen molar-refractivity contribution in [2.75, 3.05) is 6.61 Å². The maximum absolute atomic E-state index is 12.8. The first-order chi connectivity index (χ1) is 14.9. The Morgan fingerprint density at radius 3 is 2.52 bits per heavy atom. The molecule has 0 aliphatic carbocycles. The van der Waals surface area contributed by atoms with Crippen LogP contribution < -0.4 is 0 Å². The number of halogens is 1. The summed E-state index contributed by atoms with van der Waals surface area (Å²) in [7, 11) is 0. The van der Waals surface area contributed by atoms with Crippen LogP contribution in [0.2, 0.25) is 5.02 Å². The van der Waals surface area contributed by atoms with Crippen molar-refractivity contribution in [1.82, 2.24) is 5.01 Å². The third-order valence-electron chi connectivity index (χ3n) is 4.76. The fourth-order valence-corrected chi connectivity index (χ4v) is 4.43. The number of allylic oxidation sites excluding steroid dienone is 1. The molecule has 2 aliphatic rings. The highest BCUT2D eigenvalue weighted by molar-refractivity contribution is 8.27. The molecule has 1 atom stereocenters. The molecular weight excluding hydrogens is 440 g/mol. The fraction of sp³-hybridized carbons (Fsp3) is 0.190. The quantitative estimate of drug-likeness (QED) is 0.360. The van der Waals surface area contributed by atoms with E-state index in [4.69, 9.17) is 21.4 Å². The predicted molar refractivity (Wildman–Crippen MR) is 120 cm³/mol. The summed E-state index contributed by atoms with van der Waals surface area (Å²) in [5.74, 6) is -0.494. The van der Waals surface area contributed by atoms with E-state index in [1.165, 1.54) is 23.9 Å². The number of amidine groups is 1. The lowest BCUT2D eigenvalue weighted by Crippen LogP contribution is -2.34. The largest absolute Gasteiger partial charge is 0.463 e. The van der Waals surface area contributed by atoms with Gasteiger partial charge in [0.25, 0.3) is 5.69 Å². The number of thioether (sulfide) groups is 1. The number of hydrogen-bond acceptors (Lipinski definition) is 8. The molecule has 2 aromatic rings. The standard InChI is InChI=1S/C21H17ClN4O4S/c1-3-30-20(27)17-12(2)23-21-25(18(17)13-6-10-16(11-7-13)26(28)29)24-19(31-21)14-4-8-15(22)9-5-14/h4-11,18H,3H2,1-2H3. The molecule has 0 bridgehead atoms. The zero-order chi connectivity index (χ0) is 22.1. The van der Waals surface area contributed by atoms with Crippen LogP contribution in [0.5, 0.6) is 0 Å². The number of aliphatic imine (C=N–C) groups is 1. The lowest BCUT2D eigenvalue weighted by atomic mass is 9.95. The Bertz CT molecular complexity index is 1140. The Kier molecular flexibility index (Phi) is 5.79. The molecule has 0 spiro atoms. The van der Waals surface area contributed by atoms with Crippen molar-refractivity contribution >= 4 is 45.2 Å². The average molecular weight is 457 g/mol. The molecule has 0 saturated carbocycles. The smallest absolute Gasteiger partial charge is 0.338 e. The van der Waals surface area contributed by atoms with Gasteiger partial charge in [-0.25, -0.2) is 14.8 Å². The topological polar surface area (TPSA) is 97.4 Å². The van der Waals surface area contributed by atoms with E-state index in [0.29, 0.717) is 32.1 Å². The van der Waals surface area contributed by atoms with E-state index in [2.05, 4.69) is 4.99 Å². The number of rotatable bonds is 5. The van der Waals surface area contributed by atoms with Crippen LogP contribution in [0.1, 0.15) is 31.0 Å². The SMILES string of the molecule is CCOC(=O)C1=C(C)N=C2SC(c3ccc(Cl)cc3)=NN2C1c1ccc([N+](=O)[O-])cc1. The molecular formula is C21H17ClN4O4S. The summed E-state index contributed by atoms with van der Waals surface area (Å²) >= 11 is 7.37. The molecule has 4 rings (SSSR count). The van der Waals surface area contributed by atoms with Crippen molar-refractivity contribution < 1.29 is 14.5 Å². The highest BCUT2D eigenvalue weighted by atomic mass is 35.5. The number of ether oxygens (including phenoxy) is 1. The summed E-state index contributed by atoms with van der Waals surface area (Å²) in [5, 5.41) is 19.4. The minimum atomic E-state index is -0.621. The number of nitro groups is 1. The molecule has 2 heterocycles. The van der Waals surface area contributed by atoms with E-state index in [9.17, 15) is 14.9 Å². The summed E-state index contributed by atoms with van der Waals surface area (Å²) in [6.07, 6.45) is 0. The highest BCUT2D eigenvalue weighted by Gasteiger charge is 2.41. The van der Waals surface area contributed by atoms with Gasteiger partial charge in [-0.3, -0.25) is 10.1 Å². The maximum atomic E-state index is 12.8. The van der Waals surface area contributed by atoms with Crippen molar-refractivity contribution in [3.05, 3.63) is 86.1 Å². The van der Waals surface area contributed by atoms with Crippen LogP contribution in [0.25, 0.3) is 0 Å². The molecule has 2 aliphatic heterocycles. The third-order valence-corrected chi connectivity index (χ3v) is 5.98. The number of non-ortho nitro benzene ring substituents is 1. The van der Waals surface area contributed by atoms with Gasteiger partial charge in [0.15, 0.2) is 5.17 Å². The van der Waals surface area contributed by atoms with Crippen LogP contribution in [0, 0.1) is 10.1 Å². The molecule has 1 unspecified atom stereocenters. The van der Waals surface area contributed by atoms with Gasteiger partial charge in [-0.1, -0.05) is 23.7 Å². The zero-order valence-electron chi connectivity index (χ0n) is 16.6. The molecule has 0 N–H and O–H groups in total. The van der Waals surface area contributed by atoms with Gasteiger partial charge in [-0.15, -0.1) is 0 Å². The number of nitrogens with zero attached hydrogens (tertiary/aromatic N) is 4. The molecule has 8 nitrogen and oxygen atoms in total. The minimum absolute atomic E-state index is 0.0343. The normalized spacial score (nSPS) is 17.8. The number of hydrazone groups is 1. The second kappa shape index (κ2) is 8.52. The van der Waals surface area contributed by atoms with Gasteiger partial charge < -0.3 is 4.74 Å². The number of carbonyl (C=O) groups is 1. The van der Waals surface area contributed by atoms with E-state index in [-0.39, 0.29) is 12.3 Å². The number of carbonyl (C=O) groups excluding carboxylic acids is 1. The Morgan fingerprint density at radius 2 is 1.90 bits per heavy atom. The molecule has 10 heteroatoms. The lowest BCUT2D eigenvalue weighted by Gasteiger charge is -2.31. The molecule has 0 saturated heterocycles. The first-order valence-electron chi connectivity index (χ1n) is 9.41. The molecule has 158 valence electrons. The van der Waals surface area contributed by atoms with Crippen LogP contribution in [0.15, 0.2) is 69.9 Å². The van der Waals surface area contributed by atoms with Crippen molar-refractivity contribution in [3.63, 3.8) is 0 Å². The first kappa shape index (κ1) is 21.1. The Morgan fingerprint density at radius 1 is 1.23 bits per heavy atom. The molecule has 0 fully saturated rings. The Labute approximate surface area is 187 Å². The molecule has 0 amide bonds.